The van der Waals surface area contributed by atoms with E-state index in [0.717, 1.165) is 25.7 Å². The first-order valence-corrected chi connectivity index (χ1v) is 8.91. The summed E-state index contributed by atoms with van der Waals surface area (Å²) in [5.41, 5.74) is -0.375. The molecule has 3 nitrogen and oxygen atoms in total. The molecule has 1 aliphatic carbocycles. The smallest absolute Gasteiger partial charge is 0.150 e. The molecule has 0 aliphatic heterocycles. The van der Waals surface area contributed by atoms with E-state index in [2.05, 4.69) is 13.0 Å². The van der Waals surface area contributed by atoms with Crippen molar-refractivity contribution in [2.45, 2.75) is 58.8 Å². The van der Waals surface area contributed by atoms with Crippen LogP contribution in [0, 0.1) is 22.7 Å². The molecular formula is C14H25NO2S. The number of nitrogens with zero attached hydrogens (tertiary/aromatic N) is 1. The van der Waals surface area contributed by atoms with Crippen LogP contribution >= 0.6 is 0 Å². The normalized spacial score (nSPS) is 28.8. The summed E-state index contributed by atoms with van der Waals surface area (Å²) in [6.45, 7) is 4.04. The minimum atomic E-state index is -2.95. The Kier molecular flexibility index (Phi) is 5.65. The van der Waals surface area contributed by atoms with Gasteiger partial charge in [-0.05, 0) is 31.6 Å². The van der Waals surface area contributed by atoms with Gasteiger partial charge in [0, 0.05) is 5.75 Å². The van der Waals surface area contributed by atoms with Crippen LogP contribution < -0.4 is 0 Å². The molecule has 0 spiro atoms. The van der Waals surface area contributed by atoms with Crippen LogP contribution in [0.15, 0.2) is 0 Å². The lowest BCUT2D eigenvalue weighted by Crippen LogP contribution is -2.30. The molecular weight excluding hydrogens is 246 g/mol. The second-order valence-electron chi connectivity index (χ2n) is 5.66. The molecule has 0 aromatic carbocycles. The van der Waals surface area contributed by atoms with Gasteiger partial charge in [-0.2, -0.15) is 5.26 Å². The number of hydrogen-bond donors (Lipinski definition) is 0. The number of nitriles is 1. The quantitative estimate of drug-likeness (QED) is 0.744. The molecule has 2 unspecified atom stereocenters. The van der Waals surface area contributed by atoms with Gasteiger partial charge in [-0.25, -0.2) is 8.42 Å². The van der Waals surface area contributed by atoms with Gasteiger partial charge in [0.2, 0.25) is 0 Å². The van der Waals surface area contributed by atoms with Crippen LogP contribution in [0.1, 0.15) is 58.8 Å². The summed E-state index contributed by atoms with van der Waals surface area (Å²) in [6, 6.07) is 2.43. The highest BCUT2D eigenvalue weighted by Crippen LogP contribution is 2.42. The first-order valence-electron chi connectivity index (χ1n) is 7.08. The maximum absolute atomic E-state index is 11.8. The van der Waals surface area contributed by atoms with Crippen LogP contribution in [0.5, 0.6) is 0 Å². The van der Waals surface area contributed by atoms with Gasteiger partial charge >= 0.3 is 0 Å². The maximum Gasteiger partial charge on any atom is 0.150 e. The van der Waals surface area contributed by atoms with Gasteiger partial charge < -0.3 is 0 Å². The maximum atomic E-state index is 11.8. The Bertz CT molecular complexity index is 397. The Morgan fingerprint density at radius 2 is 2.06 bits per heavy atom. The monoisotopic (exact) mass is 271 g/mol. The van der Waals surface area contributed by atoms with Gasteiger partial charge in [-0.3, -0.25) is 0 Å². The first-order chi connectivity index (χ1) is 8.47. The molecule has 0 aromatic rings. The average Bonchev–Trinajstić information content (AvgIpc) is 2.37. The van der Waals surface area contributed by atoms with Crippen molar-refractivity contribution in [3.05, 3.63) is 0 Å². The Morgan fingerprint density at radius 3 is 2.61 bits per heavy atom. The van der Waals surface area contributed by atoms with Crippen LogP contribution in [-0.2, 0) is 9.84 Å². The minimum Gasteiger partial charge on any atom is -0.229 e. The summed E-state index contributed by atoms with van der Waals surface area (Å²) in [4.78, 5) is 0. The van der Waals surface area contributed by atoms with Crippen LogP contribution in [-0.4, -0.2) is 19.9 Å². The SMILES string of the molecule is CCCS(=O)(=O)CCC1(C#N)CCCC(CC)C1. The lowest BCUT2D eigenvalue weighted by molar-refractivity contribution is 0.190. The standard InChI is InChI=1S/C14H25NO2S/c1-3-9-18(16,17)10-8-14(12-15)7-5-6-13(4-2)11-14/h13H,3-11H2,1-2H3. The van der Waals surface area contributed by atoms with Crippen LogP contribution in [0.2, 0.25) is 0 Å². The van der Waals surface area contributed by atoms with E-state index in [1.807, 2.05) is 6.92 Å². The van der Waals surface area contributed by atoms with E-state index in [1.54, 1.807) is 0 Å². The van der Waals surface area contributed by atoms with Crippen molar-refractivity contribution in [3.8, 4) is 6.07 Å². The van der Waals surface area contributed by atoms with Crippen molar-refractivity contribution in [3.63, 3.8) is 0 Å². The van der Waals surface area contributed by atoms with Crippen LogP contribution in [0.3, 0.4) is 0 Å². The zero-order chi connectivity index (χ0) is 13.6. The zero-order valence-corrected chi connectivity index (χ0v) is 12.4. The Balaban J connectivity index is 2.64. The fourth-order valence-corrected chi connectivity index (χ4v) is 4.51. The van der Waals surface area contributed by atoms with Gasteiger partial charge in [-0.15, -0.1) is 0 Å². The first kappa shape index (κ1) is 15.5. The molecule has 104 valence electrons. The van der Waals surface area contributed by atoms with Crippen molar-refractivity contribution in [1.82, 2.24) is 0 Å². The van der Waals surface area contributed by atoms with E-state index in [4.69, 9.17) is 0 Å². The molecule has 1 rings (SSSR count). The molecule has 4 heteroatoms. The minimum absolute atomic E-state index is 0.185. The van der Waals surface area contributed by atoms with E-state index in [9.17, 15) is 13.7 Å². The number of rotatable bonds is 6. The summed E-state index contributed by atoms with van der Waals surface area (Å²) in [5.74, 6) is 1.04. The predicted molar refractivity (Wildman–Crippen MR) is 73.9 cm³/mol. The van der Waals surface area contributed by atoms with Crippen molar-refractivity contribution >= 4 is 9.84 Å². The fourth-order valence-electron chi connectivity index (χ4n) is 2.98. The summed E-state index contributed by atoms with van der Waals surface area (Å²) in [6.07, 6.45) is 6.33. The summed E-state index contributed by atoms with van der Waals surface area (Å²) in [5, 5.41) is 9.44. The van der Waals surface area contributed by atoms with Gasteiger partial charge in [-0.1, -0.05) is 33.1 Å². The molecule has 1 saturated carbocycles. The second kappa shape index (κ2) is 6.56. The Morgan fingerprint density at radius 1 is 1.33 bits per heavy atom. The highest BCUT2D eigenvalue weighted by molar-refractivity contribution is 7.91. The van der Waals surface area contributed by atoms with Crippen LogP contribution in [0.4, 0.5) is 0 Å². The fraction of sp³-hybridized carbons (Fsp3) is 0.929. The van der Waals surface area contributed by atoms with Gasteiger partial charge in [0.25, 0.3) is 0 Å². The number of sulfone groups is 1. The highest BCUT2D eigenvalue weighted by atomic mass is 32.2. The zero-order valence-electron chi connectivity index (χ0n) is 11.6. The van der Waals surface area contributed by atoms with E-state index >= 15 is 0 Å². The van der Waals surface area contributed by atoms with E-state index < -0.39 is 9.84 Å². The lowest BCUT2D eigenvalue weighted by atomic mass is 9.68. The largest absolute Gasteiger partial charge is 0.229 e. The van der Waals surface area contributed by atoms with Gasteiger partial charge in [0.15, 0.2) is 0 Å². The molecule has 1 fully saturated rings. The molecule has 2 atom stereocenters. The van der Waals surface area contributed by atoms with E-state index in [-0.39, 0.29) is 16.9 Å². The molecule has 0 aromatic heterocycles. The predicted octanol–water partition coefficient (Wildman–Crippen LogP) is 3.31. The molecule has 0 bridgehead atoms. The number of hydrogen-bond acceptors (Lipinski definition) is 3. The summed E-state index contributed by atoms with van der Waals surface area (Å²) < 4.78 is 23.5. The van der Waals surface area contributed by atoms with Gasteiger partial charge in [0.1, 0.15) is 9.84 Å². The van der Waals surface area contributed by atoms with Gasteiger partial charge in [0.05, 0.1) is 17.2 Å². The highest BCUT2D eigenvalue weighted by Gasteiger charge is 2.36. The lowest BCUT2D eigenvalue weighted by Gasteiger charge is -2.35. The third-order valence-electron chi connectivity index (χ3n) is 4.17. The molecule has 0 radical (unpaired) electrons. The van der Waals surface area contributed by atoms with Crippen molar-refractivity contribution in [1.29, 1.82) is 5.26 Å². The molecule has 0 amide bonds. The third-order valence-corrected chi connectivity index (χ3v) is 6.02. The average molecular weight is 271 g/mol. The Labute approximate surface area is 111 Å². The molecule has 0 saturated heterocycles. The Hall–Kier alpha value is -0.560. The van der Waals surface area contributed by atoms with Crippen LogP contribution in [0.25, 0.3) is 0 Å². The van der Waals surface area contributed by atoms with E-state index in [0.29, 0.717) is 18.8 Å². The molecule has 18 heavy (non-hydrogen) atoms. The molecule has 1 aliphatic rings. The van der Waals surface area contributed by atoms with E-state index in [1.165, 1.54) is 6.42 Å². The topological polar surface area (TPSA) is 57.9 Å². The summed E-state index contributed by atoms with van der Waals surface area (Å²) in [7, 11) is -2.95. The third kappa shape index (κ3) is 4.28. The molecule has 0 heterocycles. The summed E-state index contributed by atoms with van der Waals surface area (Å²) >= 11 is 0. The molecule has 0 N–H and O–H groups in total. The van der Waals surface area contributed by atoms with Crippen molar-refractivity contribution in [2.24, 2.45) is 11.3 Å². The van der Waals surface area contributed by atoms with Crippen molar-refractivity contribution in [2.75, 3.05) is 11.5 Å². The second-order valence-corrected chi connectivity index (χ2v) is 7.97. The van der Waals surface area contributed by atoms with Crippen molar-refractivity contribution < 1.29 is 8.42 Å².